The van der Waals surface area contributed by atoms with Crippen molar-refractivity contribution in [1.29, 1.82) is 0 Å². The van der Waals surface area contributed by atoms with Crippen LogP contribution in [0.15, 0.2) is 29.3 Å². The molecule has 140 valence electrons. The molecular weight excluding hydrogens is 344 g/mol. The van der Waals surface area contributed by atoms with E-state index >= 15 is 0 Å². The summed E-state index contributed by atoms with van der Waals surface area (Å²) < 4.78 is 3.03. The van der Waals surface area contributed by atoms with Gasteiger partial charge in [0.15, 0.2) is 0 Å². The summed E-state index contributed by atoms with van der Waals surface area (Å²) in [7, 11) is 0. The zero-order valence-corrected chi connectivity index (χ0v) is 15.3. The molecule has 0 aromatic carbocycles. The third-order valence-corrected chi connectivity index (χ3v) is 5.94. The summed E-state index contributed by atoms with van der Waals surface area (Å²) in [6.07, 6.45) is 8.21. The summed E-state index contributed by atoms with van der Waals surface area (Å²) >= 11 is 0. The number of amides is 1. The summed E-state index contributed by atoms with van der Waals surface area (Å²) in [6, 6.07) is 3.46. The van der Waals surface area contributed by atoms with Crippen LogP contribution in [0, 0.1) is 18.8 Å². The molecule has 2 fully saturated rings. The molecular formula is C19H22N6O2. The van der Waals surface area contributed by atoms with E-state index in [9.17, 15) is 9.59 Å². The zero-order valence-electron chi connectivity index (χ0n) is 15.3. The monoisotopic (exact) mass is 366 g/mol. The van der Waals surface area contributed by atoms with Gasteiger partial charge in [0.1, 0.15) is 5.52 Å². The molecule has 0 bridgehead atoms. The molecule has 3 aromatic rings. The van der Waals surface area contributed by atoms with E-state index in [1.807, 2.05) is 11.8 Å². The van der Waals surface area contributed by atoms with Crippen molar-refractivity contribution in [3.05, 3.63) is 46.1 Å². The van der Waals surface area contributed by atoms with E-state index in [0.717, 1.165) is 37.8 Å². The number of carbonyl (C=O) groups excluding carboxylic acids is 1. The number of rotatable bonds is 3. The van der Waals surface area contributed by atoms with Gasteiger partial charge >= 0.3 is 0 Å². The first-order valence-electron chi connectivity index (χ1n) is 9.54. The van der Waals surface area contributed by atoms with Crippen LogP contribution in [0.1, 0.15) is 41.7 Å². The fourth-order valence-electron chi connectivity index (χ4n) is 4.17. The van der Waals surface area contributed by atoms with Crippen molar-refractivity contribution in [1.82, 2.24) is 29.3 Å². The Kier molecular flexibility index (Phi) is 3.66. The standard InChI is InChI=1S/C19H22N6O2/c1-12-15(18(27)23-9-6-14(7-10-23)13-4-5-13)11-20-25(12)19-21-17(26)16-3-2-8-24(16)22-19/h2-3,8,11,13-14H,4-7,9-10H2,1H3,(H,21,22,26). The van der Waals surface area contributed by atoms with Crippen LogP contribution in [0.4, 0.5) is 0 Å². The summed E-state index contributed by atoms with van der Waals surface area (Å²) in [5.41, 5.74) is 1.47. The lowest BCUT2D eigenvalue weighted by atomic mass is 9.92. The van der Waals surface area contributed by atoms with Gasteiger partial charge < -0.3 is 4.90 Å². The van der Waals surface area contributed by atoms with Gasteiger partial charge in [0.2, 0.25) is 5.95 Å². The molecule has 2 aliphatic rings. The Morgan fingerprint density at radius 2 is 1.93 bits per heavy atom. The number of aromatic nitrogens is 5. The fourth-order valence-corrected chi connectivity index (χ4v) is 4.17. The largest absolute Gasteiger partial charge is 0.339 e. The predicted molar refractivity (Wildman–Crippen MR) is 99.0 cm³/mol. The highest BCUT2D eigenvalue weighted by molar-refractivity contribution is 5.95. The van der Waals surface area contributed by atoms with Gasteiger partial charge in [-0.15, -0.1) is 5.10 Å². The van der Waals surface area contributed by atoms with E-state index in [4.69, 9.17) is 0 Å². The van der Waals surface area contributed by atoms with Crippen LogP contribution in [-0.4, -0.2) is 48.3 Å². The highest BCUT2D eigenvalue weighted by Gasteiger charge is 2.35. The van der Waals surface area contributed by atoms with Crippen LogP contribution in [0.3, 0.4) is 0 Å². The lowest BCUT2D eigenvalue weighted by molar-refractivity contribution is 0.0680. The first-order chi connectivity index (χ1) is 13.1. The van der Waals surface area contributed by atoms with Gasteiger partial charge in [-0.3, -0.25) is 14.6 Å². The second-order valence-corrected chi connectivity index (χ2v) is 7.64. The molecule has 0 atom stereocenters. The average Bonchev–Trinajstić information content (AvgIpc) is 3.29. The first-order valence-corrected chi connectivity index (χ1v) is 9.54. The predicted octanol–water partition coefficient (Wildman–Crippen LogP) is 1.78. The van der Waals surface area contributed by atoms with Crippen molar-refractivity contribution >= 4 is 11.4 Å². The van der Waals surface area contributed by atoms with Crippen LogP contribution in [-0.2, 0) is 0 Å². The van der Waals surface area contributed by atoms with E-state index in [2.05, 4.69) is 15.2 Å². The summed E-state index contributed by atoms with van der Waals surface area (Å²) in [4.78, 5) is 29.8. The van der Waals surface area contributed by atoms with Gasteiger partial charge in [-0.05, 0) is 56.6 Å². The van der Waals surface area contributed by atoms with Crippen molar-refractivity contribution in [2.75, 3.05) is 13.1 Å². The molecule has 27 heavy (non-hydrogen) atoms. The third-order valence-electron chi connectivity index (χ3n) is 5.94. The van der Waals surface area contributed by atoms with E-state index in [0.29, 0.717) is 22.7 Å². The molecule has 1 aliphatic heterocycles. The number of hydrogen-bond acceptors (Lipinski definition) is 4. The molecule has 1 saturated heterocycles. The minimum atomic E-state index is -0.241. The molecule has 0 spiro atoms. The van der Waals surface area contributed by atoms with Gasteiger partial charge in [0, 0.05) is 19.3 Å². The molecule has 8 nitrogen and oxygen atoms in total. The van der Waals surface area contributed by atoms with Crippen molar-refractivity contribution in [3.63, 3.8) is 0 Å². The Morgan fingerprint density at radius 3 is 2.67 bits per heavy atom. The maximum atomic E-state index is 13.0. The fraction of sp³-hybridized carbons (Fsp3) is 0.474. The third kappa shape index (κ3) is 2.75. The van der Waals surface area contributed by atoms with Crippen LogP contribution >= 0.6 is 0 Å². The summed E-state index contributed by atoms with van der Waals surface area (Å²) in [5, 5.41) is 8.70. The number of aromatic amines is 1. The Morgan fingerprint density at radius 1 is 1.19 bits per heavy atom. The molecule has 1 N–H and O–H groups in total. The number of H-pyrrole nitrogens is 1. The molecule has 0 radical (unpaired) electrons. The molecule has 1 amide bonds. The lowest BCUT2D eigenvalue weighted by Gasteiger charge is -2.32. The zero-order chi connectivity index (χ0) is 18.5. The Balaban J connectivity index is 1.40. The smallest absolute Gasteiger partial charge is 0.276 e. The molecule has 5 rings (SSSR count). The number of nitrogens with one attached hydrogen (secondary N) is 1. The maximum absolute atomic E-state index is 13.0. The number of fused-ring (bicyclic) bond motifs is 1. The molecule has 1 aliphatic carbocycles. The molecule has 1 saturated carbocycles. The quantitative estimate of drug-likeness (QED) is 0.765. The molecule has 4 heterocycles. The number of likely N-dealkylation sites (tertiary alicyclic amines) is 1. The van der Waals surface area contributed by atoms with E-state index in [1.165, 1.54) is 22.0 Å². The molecule has 3 aromatic heterocycles. The van der Waals surface area contributed by atoms with Gasteiger partial charge in [0.05, 0.1) is 17.5 Å². The second-order valence-electron chi connectivity index (χ2n) is 7.64. The van der Waals surface area contributed by atoms with Gasteiger partial charge in [0.25, 0.3) is 11.5 Å². The summed E-state index contributed by atoms with van der Waals surface area (Å²) in [5.74, 6) is 2.00. The lowest BCUT2D eigenvalue weighted by Crippen LogP contribution is -2.39. The van der Waals surface area contributed by atoms with E-state index in [-0.39, 0.29) is 11.5 Å². The Bertz CT molecular complexity index is 1070. The van der Waals surface area contributed by atoms with Crippen LogP contribution in [0.5, 0.6) is 0 Å². The van der Waals surface area contributed by atoms with Gasteiger partial charge in [-0.2, -0.15) is 5.10 Å². The van der Waals surface area contributed by atoms with E-state index in [1.54, 1.807) is 24.5 Å². The highest BCUT2D eigenvalue weighted by atomic mass is 16.2. The van der Waals surface area contributed by atoms with Gasteiger partial charge in [-0.25, -0.2) is 9.20 Å². The second kappa shape index (κ2) is 6.07. The Hall–Kier alpha value is -2.90. The Labute approximate surface area is 155 Å². The van der Waals surface area contributed by atoms with Crippen LogP contribution < -0.4 is 5.56 Å². The van der Waals surface area contributed by atoms with Crippen molar-refractivity contribution in [2.45, 2.75) is 32.6 Å². The van der Waals surface area contributed by atoms with E-state index < -0.39 is 0 Å². The number of piperidine rings is 1. The molecule has 8 heteroatoms. The minimum Gasteiger partial charge on any atom is -0.339 e. The molecule has 0 unspecified atom stereocenters. The maximum Gasteiger partial charge on any atom is 0.276 e. The van der Waals surface area contributed by atoms with Crippen molar-refractivity contribution < 1.29 is 4.79 Å². The normalized spacial score (nSPS) is 18.3. The number of nitrogens with zero attached hydrogens (tertiary/aromatic N) is 5. The topological polar surface area (TPSA) is 88.3 Å². The van der Waals surface area contributed by atoms with Crippen molar-refractivity contribution in [3.8, 4) is 5.95 Å². The van der Waals surface area contributed by atoms with Crippen LogP contribution in [0.25, 0.3) is 11.5 Å². The average molecular weight is 366 g/mol. The number of carbonyl (C=O) groups is 1. The van der Waals surface area contributed by atoms with Crippen molar-refractivity contribution in [2.24, 2.45) is 11.8 Å². The first kappa shape index (κ1) is 16.3. The SMILES string of the molecule is Cc1c(C(=O)N2CCC(C3CC3)CC2)cnn1-c1nn2cccc2c(=O)[nH]1. The highest BCUT2D eigenvalue weighted by Crippen LogP contribution is 2.41. The minimum absolute atomic E-state index is 0.0115. The summed E-state index contributed by atoms with van der Waals surface area (Å²) in [6.45, 7) is 3.46. The van der Waals surface area contributed by atoms with Gasteiger partial charge in [-0.1, -0.05) is 0 Å². The van der Waals surface area contributed by atoms with Crippen LogP contribution in [0.2, 0.25) is 0 Å². The number of hydrogen-bond donors (Lipinski definition) is 1.